The standard InChI is InChI=1S/C15H30O3/c16-11-14-9-7-5-3-1-2-4-6-8-10-15(14,12-17)13-18/h14,16-18H,1-13H2. The van der Waals surface area contributed by atoms with Gasteiger partial charge in [-0.25, -0.2) is 0 Å². The summed E-state index contributed by atoms with van der Waals surface area (Å²) >= 11 is 0. The molecule has 0 bridgehead atoms. The molecule has 0 aliphatic heterocycles. The van der Waals surface area contributed by atoms with Crippen molar-refractivity contribution in [2.45, 2.75) is 64.2 Å². The first-order valence-corrected chi connectivity index (χ1v) is 7.61. The molecule has 1 unspecified atom stereocenters. The van der Waals surface area contributed by atoms with Crippen molar-refractivity contribution in [1.29, 1.82) is 0 Å². The van der Waals surface area contributed by atoms with E-state index in [0.717, 1.165) is 25.7 Å². The molecule has 18 heavy (non-hydrogen) atoms. The lowest BCUT2D eigenvalue weighted by Crippen LogP contribution is -2.40. The Hall–Kier alpha value is -0.120. The van der Waals surface area contributed by atoms with E-state index in [2.05, 4.69) is 0 Å². The van der Waals surface area contributed by atoms with Crippen LogP contribution in [0.3, 0.4) is 0 Å². The summed E-state index contributed by atoms with van der Waals surface area (Å²) in [5, 5.41) is 28.9. The molecule has 0 radical (unpaired) electrons. The average Bonchev–Trinajstić information content (AvgIpc) is 2.40. The van der Waals surface area contributed by atoms with E-state index >= 15 is 0 Å². The van der Waals surface area contributed by atoms with Gasteiger partial charge >= 0.3 is 0 Å². The minimum atomic E-state index is -0.464. The zero-order valence-corrected chi connectivity index (χ0v) is 11.6. The Kier molecular flexibility index (Phi) is 7.87. The van der Waals surface area contributed by atoms with Gasteiger partial charge in [0, 0.05) is 12.0 Å². The molecule has 3 nitrogen and oxygen atoms in total. The highest BCUT2D eigenvalue weighted by Crippen LogP contribution is 2.36. The maximum absolute atomic E-state index is 9.68. The quantitative estimate of drug-likeness (QED) is 0.729. The second-order valence-corrected chi connectivity index (χ2v) is 5.93. The summed E-state index contributed by atoms with van der Waals surface area (Å²) in [6.45, 7) is 0.0740. The van der Waals surface area contributed by atoms with Crippen LogP contribution in [0.15, 0.2) is 0 Å². The Morgan fingerprint density at radius 2 is 1.22 bits per heavy atom. The topological polar surface area (TPSA) is 60.7 Å². The van der Waals surface area contributed by atoms with Gasteiger partial charge in [0.15, 0.2) is 0 Å². The lowest BCUT2D eigenvalue weighted by Gasteiger charge is -2.37. The van der Waals surface area contributed by atoms with Gasteiger partial charge in [-0.2, -0.15) is 0 Å². The predicted molar refractivity (Wildman–Crippen MR) is 73.4 cm³/mol. The molecule has 1 aliphatic carbocycles. The molecule has 3 heteroatoms. The maximum Gasteiger partial charge on any atom is 0.0512 e. The van der Waals surface area contributed by atoms with E-state index in [9.17, 15) is 15.3 Å². The first kappa shape index (κ1) is 15.9. The third-order valence-corrected chi connectivity index (χ3v) is 4.69. The van der Waals surface area contributed by atoms with Crippen molar-refractivity contribution < 1.29 is 15.3 Å². The van der Waals surface area contributed by atoms with E-state index in [1.807, 2.05) is 0 Å². The SMILES string of the molecule is OCC1CCCCCCCCCCC1(CO)CO. The minimum absolute atomic E-state index is 0.00523. The largest absolute Gasteiger partial charge is 0.396 e. The van der Waals surface area contributed by atoms with Crippen LogP contribution >= 0.6 is 0 Å². The van der Waals surface area contributed by atoms with Crippen LogP contribution in [0.25, 0.3) is 0 Å². The lowest BCUT2D eigenvalue weighted by molar-refractivity contribution is -0.0305. The maximum atomic E-state index is 9.68. The van der Waals surface area contributed by atoms with Crippen LogP contribution in [-0.4, -0.2) is 35.1 Å². The van der Waals surface area contributed by atoms with Crippen LogP contribution in [0.1, 0.15) is 64.2 Å². The van der Waals surface area contributed by atoms with Gasteiger partial charge in [0.25, 0.3) is 0 Å². The Bertz CT molecular complexity index is 202. The first-order chi connectivity index (χ1) is 8.79. The molecule has 1 saturated carbocycles. The summed E-state index contributed by atoms with van der Waals surface area (Å²) in [4.78, 5) is 0. The normalized spacial score (nSPS) is 27.2. The fraction of sp³-hybridized carbons (Fsp3) is 1.00. The van der Waals surface area contributed by atoms with E-state index in [0.29, 0.717) is 0 Å². The highest BCUT2D eigenvalue weighted by molar-refractivity contribution is 4.85. The van der Waals surface area contributed by atoms with Crippen molar-refractivity contribution in [1.82, 2.24) is 0 Å². The van der Waals surface area contributed by atoms with Crippen LogP contribution in [0.4, 0.5) is 0 Å². The van der Waals surface area contributed by atoms with Gasteiger partial charge in [-0.05, 0) is 18.8 Å². The van der Waals surface area contributed by atoms with Gasteiger partial charge in [0.1, 0.15) is 0 Å². The van der Waals surface area contributed by atoms with Gasteiger partial charge in [0.2, 0.25) is 0 Å². The highest BCUT2D eigenvalue weighted by Gasteiger charge is 2.36. The number of aliphatic hydroxyl groups excluding tert-OH is 3. The summed E-state index contributed by atoms with van der Waals surface area (Å²) in [6, 6.07) is 0. The van der Waals surface area contributed by atoms with Crippen molar-refractivity contribution in [3.8, 4) is 0 Å². The van der Waals surface area contributed by atoms with Crippen molar-refractivity contribution in [3.05, 3.63) is 0 Å². The predicted octanol–water partition coefficient (Wildman–Crippen LogP) is 2.48. The lowest BCUT2D eigenvalue weighted by atomic mass is 9.71. The van der Waals surface area contributed by atoms with Gasteiger partial charge in [-0.15, -0.1) is 0 Å². The molecule has 0 aromatic carbocycles. The van der Waals surface area contributed by atoms with E-state index in [4.69, 9.17) is 0 Å². The molecule has 0 saturated heterocycles. The van der Waals surface area contributed by atoms with E-state index in [-0.39, 0.29) is 25.7 Å². The molecular weight excluding hydrogens is 228 g/mol. The van der Waals surface area contributed by atoms with Gasteiger partial charge in [0.05, 0.1) is 13.2 Å². The third-order valence-electron chi connectivity index (χ3n) is 4.69. The fourth-order valence-electron chi connectivity index (χ4n) is 3.19. The molecule has 0 spiro atoms. The number of rotatable bonds is 3. The molecule has 108 valence electrons. The van der Waals surface area contributed by atoms with Gasteiger partial charge in [-0.1, -0.05) is 51.4 Å². The van der Waals surface area contributed by atoms with E-state index in [1.54, 1.807) is 0 Å². The van der Waals surface area contributed by atoms with Crippen LogP contribution in [0, 0.1) is 11.3 Å². The molecule has 1 fully saturated rings. The molecule has 1 atom stereocenters. The molecule has 0 aromatic rings. The minimum Gasteiger partial charge on any atom is -0.396 e. The monoisotopic (exact) mass is 258 g/mol. The van der Waals surface area contributed by atoms with Crippen molar-refractivity contribution in [3.63, 3.8) is 0 Å². The first-order valence-electron chi connectivity index (χ1n) is 7.61. The summed E-state index contributed by atoms with van der Waals surface area (Å²) < 4.78 is 0. The highest BCUT2D eigenvalue weighted by atomic mass is 16.3. The molecule has 3 N–H and O–H groups in total. The zero-order valence-electron chi connectivity index (χ0n) is 11.6. The van der Waals surface area contributed by atoms with E-state index in [1.165, 1.54) is 38.5 Å². The summed E-state index contributed by atoms with van der Waals surface area (Å²) in [5.74, 6) is 0.0481. The van der Waals surface area contributed by atoms with E-state index < -0.39 is 5.41 Å². The van der Waals surface area contributed by atoms with Crippen LogP contribution in [-0.2, 0) is 0 Å². The summed E-state index contributed by atoms with van der Waals surface area (Å²) in [7, 11) is 0. The summed E-state index contributed by atoms with van der Waals surface area (Å²) in [6.07, 6.45) is 11.5. The molecule has 1 aliphatic rings. The molecule has 0 aromatic heterocycles. The van der Waals surface area contributed by atoms with Crippen molar-refractivity contribution >= 4 is 0 Å². The van der Waals surface area contributed by atoms with Crippen molar-refractivity contribution in [2.75, 3.05) is 19.8 Å². The third kappa shape index (κ3) is 4.52. The van der Waals surface area contributed by atoms with Crippen LogP contribution < -0.4 is 0 Å². The molecular formula is C15H30O3. The Labute approximate surface area is 111 Å². The number of hydrogen-bond donors (Lipinski definition) is 3. The smallest absolute Gasteiger partial charge is 0.0512 e. The Morgan fingerprint density at radius 3 is 1.72 bits per heavy atom. The Morgan fingerprint density at radius 1 is 0.722 bits per heavy atom. The van der Waals surface area contributed by atoms with Gasteiger partial charge < -0.3 is 15.3 Å². The van der Waals surface area contributed by atoms with Crippen LogP contribution in [0.2, 0.25) is 0 Å². The zero-order chi connectivity index (χ0) is 13.3. The number of aliphatic hydroxyl groups is 3. The molecule has 0 heterocycles. The second-order valence-electron chi connectivity index (χ2n) is 5.93. The second kappa shape index (κ2) is 8.89. The van der Waals surface area contributed by atoms with Crippen molar-refractivity contribution in [2.24, 2.45) is 11.3 Å². The van der Waals surface area contributed by atoms with Gasteiger partial charge in [-0.3, -0.25) is 0 Å². The summed E-state index contributed by atoms with van der Waals surface area (Å²) in [5.41, 5.74) is -0.464. The average molecular weight is 258 g/mol. The van der Waals surface area contributed by atoms with Crippen LogP contribution in [0.5, 0.6) is 0 Å². The number of hydrogen-bond acceptors (Lipinski definition) is 3. The molecule has 1 rings (SSSR count). The molecule has 0 amide bonds. The Balaban J connectivity index is 2.65. The fourth-order valence-corrected chi connectivity index (χ4v) is 3.19.